The molecule has 3 rings (SSSR count). The highest BCUT2D eigenvalue weighted by atomic mass is 16.6. The zero-order valence-corrected chi connectivity index (χ0v) is 14.9. The molecule has 0 unspecified atom stereocenters. The zero-order valence-electron chi connectivity index (χ0n) is 14.9. The number of benzene rings is 2. The van der Waals surface area contributed by atoms with Crippen LogP contribution in [-0.4, -0.2) is 53.3 Å². The molecule has 0 saturated heterocycles. The van der Waals surface area contributed by atoms with E-state index in [1.165, 1.54) is 12.1 Å². The average molecular weight is 398 g/mol. The Bertz CT molecular complexity index is 1000. The van der Waals surface area contributed by atoms with Crippen molar-refractivity contribution in [3.63, 3.8) is 0 Å². The molecule has 2 aromatic carbocycles. The second-order valence-electron chi connectivity index (χ2n) is 5.88. The summed E-state index contributed by atoms with van der Waals surface area (Å²) in [5.74, 6) is -3.27. The number of ether oxygens (including phenoxy) is 2. The van der Waals surface area contributed by atoms with Gasteiger partial charge >= 0.3 is 11.9 Å². The molecular formula is C19H14N2O8. The molecule has 29 heavy (non-hydrogen) atoms. The molecule has 0 spiro atoms. The first-order valence-electron chi connectivity index (χ1n) is 8.41. The fourth-order valence-electron chi connectivity index (χ4n) is 2.73. The van der Waals surface area contributed by atoms with Gasteiger partial charge < -0.3 is 9.47 Å². The van der Waals surface area contributed by atoms with Gasteiger partial charge in [-0.25, -0.2) is 4.79 Å². The lowest BCUT2D eigenvalue weighted by Gasteiger charge is -2.13. The first-order chi connectivity index (χ1) is 13.9. The molecule has 0 atom stereocenters. The van der Waals surface area contributed by atoms with Crippen molar-refractivity contribution in [1.82, 2.24) is 4.90 Å². The van der Waals surface area contributed by atoms with Gasteiger partial charge in [0.1, 0.15) is 25.3 Å². The molecule has 1 aliphatic rings. The van der Waals surface area contributed by atoms with Gasteiger partial charge in [0.05, 0.1) is 16.1 Å². The van der Waals surface area contributed by atoms with Crippen LogP contribution in [0.3, 0.4) is 0 Å². The van der Waals surface area contributed by atoms with Crippen molar-refractivity contribution in [3.8, 4) is 0 Å². The maximum Gasteiger partial charge on any atom is 0.338 e. The Morgan fingerprint density at radius 3 is 2.31 bits per heavy atom. The number of hydrogen-bond donors (Lipinski definition) is 0. The molecule has 0 fully saturated rings. The Morgan fingerprint density at radius 1 is 0.931 bits per heavy atom. The lowest BCUT2D eigenvalue weighted by Crippen LogP contribution is -2.36. The van der Waals surface area contributed by atoms with E-state index in [0.717, 1.165) is 6.07 Å². The third-order valence-electron chi connectivity index (χ3n) is 4.05. The highest BCUT2D eigenvalue weighted by Crippen LogP contribution is 2.30. The molecule has 0 N–H and O–H groups in total. The van der Waals surface area contributed by atoms with Crippen LogP contribution < -0.4 is 0 Å². The van der Waals surface area contributed by atoms with Gasteiger partial charge in [-0.1, -0.05) is 24.3 Å². The fourth-order valence-corrected chi connectivity index (χ4v) is 2.73. The third-order valence-corrected chi connectivity index (χ3v) is 4.05. The smallest absolute Gasteiger partial charge is 0.338 e. The molecule has 0 saturated carbocycles. The molecule has 1 heterocycles. The summed E-state index contributed by atoms with van der Waals surface area (Å²) in [7, 11) is 0. The summed E-state index contributed by atoms with van der Waals surface area (Å²) < 4.78 is 9.81. The summed E-state index contributed by atoms with van der Waals surface area (Å²) in [6.45, 7) is -1.20. The van der Waals surface area contributed by atoms with E-state index < -0.39 is 40.9 Å². The minimum absolute atomic E-state index is 0.145. The van der Waals surface area contributed by atoms with Crippen LogP contribution in [0.2, 0.25) is 0 Å². The summed E-state index contributed by atoms with van der Waals surface area (Å²) in [5.41, 5.74) is -0.670. The summed E-state index contributed by atoms with van der Waals surface area (Å²) in [6, 6.07) is 11.9. The van der Waals surface area contributed by atoms with E-state index in [4.69, 9.17) is 9.47 Å². The molecule has 148 valence electrons. The van der Waals surface area contributed by atoms with Crippen molar-refractivity contribution >= 4 is 29.4 Å². The van der Waals surface area contributed by atoms with E-state index in [0.29, 0.717) is 10.5 Å². The lowest BCUT2D eigenvalue weighted by atomic mass is 10.1. The van der Waals surface area contributed by atoms with Gasteiger partial charge in [-0.05, 0) is 18.2 Å². The van der Waals surface area contributed by atoms with Crippen LogP contribution in [0, 0.1) is 10.1 Å². The molecule has 10 nitrogen and oxygen atoms in total. The number of fused-ring (bicyclic) bond motifs is 1. The Hall–Kier alpha value is -4.08. The first-order valence-corrected chi connectivity index (χ1v) is 8.41. The van der Waals surface area contributed by atoms with Crippen molar-refractivity contribution in [2.24, 2.45) is 0 Å². The van der Waals surface area contributed by atoms with E-state index >= 15 is 0 Å². The Morgan fingerprint density at radius 2 is 1.62 bits per heavy atom. The number of carbonyl (C=O) groups is 4. The number of esters is 2. The van der Waals surface area contributed by atoms with Gasteiger partial charge in [0, 0.05) is 6.07 Å². The van der Waals surface area contributed by atoms with Gasteiger partial charge in [0.25, 0.3) is 17.5 Å². The van der Waals surface area contributed by atoms with Gasteiger partial charge in [-0.2, -0.15) is 0 Å². The van der Waals surface area contributed by atoms with Crippen LogP contribution >= 0.6 is 0 Å². The van der Waals surface area contributed by atoms with Crippen LogP contribution in [-0.2, 0) is 14.3 Å². The highest BCUT2D eigenvalue weighted by Gasteiger charge is 2.41. The lowest BCUT2D eigenvalue weighted by molar-refractivity contribution is -0.385. The second kappa shape index (κ2) is 8.30. The van der Waals surface area contributed by atoms with Crippen LogP contribution in [0.5, 0.6) is 0 Å². The quantitative estimate of drug-likeness (QED) is 0.226. The molecule has 0 aromatic heterocycles. The predicted molar refractivity (Wildman–Crippen MR) is 96.1 cm³/mol. The molecule has 0 aliphatic carbocycles. The number of nitro groups is 1. The van der Waals surface area contributed by atoms with Crippen molar-refractivity contribution in [1.29, 1.82) is 0 Å². The van der Waals surface area contributed by atoms with Gasteiger partial charge in [-0.15, -0.1) is 0 Å². The number of amides is 2. The van der Waals surface area contributed by atoms with Crippen LogP contribution in [0.25, 0.3) is 0 Å². The summed E-state index contributed by atoms with van der Waals surface area (Å²) in [6.07, 6.45) is 0. The molecule has 10 heteroatoms. The minimum atomic E-state index is -0.940. The topological polar surface area (TPSA) is 133 Å². The zero-order chi connectivity index (χ0) is 21.0. The predicted octanol–water partition coefficient (Wildman–Crippen LogP) is 1.59. The summed E-state index contributed by atoms with van der Waals surface area (Å²) in [4.78, 5) is 59.2. The Balaban J connectivity index is 1.53. The molecule has 0 radical (unpaired) electrons. The van der Waals surface area contributed by atoms with Gasteiger partial charge in [0.2, 0.25) is 0 Å². The number of hydrogen-bond acceptors (Lipinski definition) is 8. The van der Waals surface area contributed by atoms with Crippen molar-refractivity contribution in [3.05, 3.63) is 75.3 Å². The van der Waals surface area contributed by atoms with Crippen LogP contribution in [0.4, 0.5) is 5.69 Å². The number of carbonyl (C=O) groups excluding carboxylic acids is 4. The standard InChI is InChI=1S/C19H14N2O8/c22-15(28-9-10-29-19(25)12-5-2-1-3-6-12)11-20-17(23)13-7-4-8-14(21(26)27)16(13)18(20)24/h1-8H,9-11H2. The van der Waals surface area contributed by atoms with Crippen LogP contribution in [0.1, 0.15) is 31.1 Å². The summed E-state index contributed by atoms with van der Waals surface area (Å²) >= 11 is 0. The summed E-state index contributed by atoms with van der Waals surface area (Å²) in [5, 5.41) is 11.1. The Kier molecular flexibility index (Phi) is 5.63. The van der Waals surface area contributed by atoms with Crippen molar-refractivity contribution in [2.75, 3.05) is 19.8 Å². The van der Waals surface area contributed by atoms with Gasteiger partial charge in [0.15, 0.2) is 0 Å². The number of nitrogens with zero attached hydrogens (tertiary/aromatic N) is 2. The van der Waals surface area contributed by atoms with Crippen molar-refractivity contribution in [2.45, 2.75) is 0 Å². The third kappa shape index (κ3) is 4.10. The number of nitro benzene ring substituents is 1. The SMILES string of the molecule is O=C(CN1C(=O)c2cccc([N+](=O)[O-])c2C1=O)OCCOC(=O)c1ccccc1. The van der Waals surface area contributed by atoms with E-state index in [-0.39, 0.29) is 24.3 Å². The molecule has 2 aromatic rings. The Labute approximate surface area is 163 Å². The second-order valence-corrected chi connectivity index (χ2v) is 5.88. The number of rotatable bonds is 7. The number of imide groups is 1. The monoisotopic (exact) mass is 398 g/mol. The molecule has 2 amide bonds. The highest BCUT2D eigenvalue weighted by molar-refractivity contribution is 6.24. The average Bonchev–Trinajstić information content (AvgIpc) is 2.96. The maximum atomic E-state index is 12.4. The van der Waals surface area contributed by atoms with E-state index in [1.807, 2.05) is 0 Å². The van der Waals surface area contributed by atoms with E-state index in [9.17, 15) is 29.3 Å². The van der Waals surface area contributed by atoms with E-state index in [2.05, 4.69) is 0 Å². The van der Waals surface area contributed by atoms with Crippen LogP contribution in [0.15, 0.2) is 48.5 Å². The molecular weight excluding hydrogens is 384 g/mol. The van der Waals surface area contributed by atoms with E-state index in [1.54, 1.807) is 30.3 Å². The maximum absolute atomic E-state index is 12.4. The first kappa shape index (κ1) is 19.7. The largest absolute Gasteiger partial charge is 0.461 e. The molecule has 1 aliphatic heterocycles. The molecule has 0 bridgehead atoms. The minimum Gasteiger partial charge on any atom is -0.461 e. The van der Waals surface area contributed by atoms with Gasteiger partial charge in [-0.3, -0.25) is 29.4 Å². The fraction of sp³-hybridized carbons (Fsp3) is 0.158. The normalized spacial score (nSPS) is 12.5. The van der Waals surface area contributed by atoms with Crippen molar-refractivity contribution < 1.29 is 33.6 Å².